The van der Waals surface area contributed by atoms with Crippen LogP contribution >= 0.6 is 24.8 Å². The van der Waals surface area contributed by atoms with Crippen LogP contribution in [-0.2, 0) is 6.42 Å². The molecular weight excluding hydrogens is 453 g/mol. The number of nitrogens with one attached hydrogen (secondary N) is 3. The summed E-state index contributed by atoms with van der Waals surface area (Å²) in [4.78, 5) is 17.4. The van der Waals surface area contributed by atoms with Gasteiger partial charge in [-0.1, -0.05) is 6.07 Å². The van der Waals surface area contributed by atoms with E-state index in [0.29, 0.717) is 19.1 Å². The minimum absolute atomic E-state index is 0. The lowest BCUT2D eigenvalue weighted by atomic mass is 9.93. The predicted molar refractivity (Wildman–Crippen MR) is 129 cm³/mol. The molecule has 1 atom stereocenters. The van der Waals surface area contributed by atoms with Crippen molar-refractivity contribution >= 4 is 42.4 Å². The Labute approximate surface area is 200 Å². The van der Waals surface area contributed by atoms with Crippen LogP contribution < -0.4 is 20.3 Å². The molecule has 10 heteroatoms. The van der Waals surface area contributed by atoms with E-state index in [1.807, 2.05) is 42.7 Å². The van der Waals surface area contributed by atoms with Crippen molar-refractivity contribution in [3.05, 3.63) is 53.9 Å². The number of amidine groups is 1. The first kappa shape index (κ1) is 25.7. The Hall–Kier alpha value is -2.55. The number of nitrogens with zero attached hydrogens (tertiary/aromatic N) is 2. The molecule has 0 saturated carbocycles. The number of fused-ring (bicyclic) bond motifs is 1. The van der Waals surface area contributed by atoms with Crippen molar-refractivity contribution < 1.29 is 14.6 Å². The van der Waals surface area contributed by atoms with Gasteiger partial charge >= 0.3 is 6.09 Å². The van der Waals surface area contributed by atoms with Gasteiger partial charge in [0.1, 0.15) is 11.6 Å². The summed E-state index contributed by atoms with van der Waals surface area (Å²) in [5.74, 6) is 1.20. The second-order valence-corrected chi connectivity index (χ2v) is 7.79. The Morgan fingerprint density at radius 2 is 1.94 bits per heavy atom. The number of halogens is 2. The van der Waals surface area contributed by atoms with Crippen molar-refractivity contribution in [1.82, 2.24) is 15.6 Å². The van der Waals surface area contributed by atoms with Gasteiger partial charge in [0.05, 0.1) is 12.6 Å². The van der Waals surface area contributed by atoms with Crippen LogP contribution in [0.1, 0.15) is 30.0 Å². The van der Waals surface area contributed by atoms with E-state index in [0.717, 1.165) is 49.2 Å². The summed E-state index contributed by atoms with van der Waals surface area (Å²) in [6.45, 7) is 3.38. The van der Waals surface area contributed by atoms with Gasteiger partial charge in [0, 0.05) is 37.7 Å². The number of carbonyl (C=O) groups is 1. The average Bonchev–Trinajstić information content (AvgIpc) is 2.77. The SMILES string of the molecule is Cl.Cl.N=C(NC(=O)O)C1NCCc2ccc(OCC3CCN(c4ccncc4)CC3)cc21. The normalized spacial score (nSPS) is 17.9. The Bertz CT molecular complexity index is 908. The molecule has 1 saturated heterocycles. The van der Waals surface area contributed by atoms with Crippen molar-refractivity contribution in [2.75, 3.05) is 31.1 Å². The number of pyridine rings is 1. The Morgan fingerprint density at radius 1 is 1.22 bits per heavy atom. The maximum Gasteiger partial charge on any atom is 0.410 e. The molecule has 1 amide bonds. The van der Waals surface area contributed by atoms with Gasteiger partial charge in [-0.15, -0.1) is 24.8 Å². The van der Waals surface area contributed by atoms with Crippen LogP contribution in [0.4, 0.5) is 10.5 Å². The highest BCUT2D eigenvalue weighted by Crippen LogP contribution is 2.29. The van der Waals surface area contributed by atoms with Gasteiger partial charge in [0.25, 0.3) is 0 Å². The zero-order valence-corrected chi connectivity index (χ0v) is 19.3. The molecule has 3 heterocycles. The predicted octanol–water partition coefficient (Wildman–Crippen LogP) is 3.65. The van der Waals surface area contributed by atoms with Gasteiger partial charge in [-0.2, -0.15) is 0 Å². The zero-order valence-electron chi connectivity index (χ0n) is 17.6. The standard InChI is InChI=1S/C22H27N5O3.2ClH/c23-21(26-22(28)29)20-19-13-18(2-1-16(19)3-10-25-20)30-14-15-6-11-27(12-7-15)17-4-8-24-9-5-17;;/h1-2,4-5,8-9,13,15,20,25H,3,6-7,10-12,14H2,(H2,23,26)(H,28,29);2*1H. The number of anilines is 1. The molecule has 174 valence electrons. The number of rotatable bonds is 5. The number of amides is 1. The van der Waals surface area contributed by atoms with E-state index in [2.05, 4.69) is 20.5 Å². The first-order chi connectivity index (χ1) is 14.6. The molecule has 2 aliphatic rings. The fraction of sp³-hybridized carbons (Fsp3) is 0.409. The average molecular weight is 482 g/mol. The molecule has 1 unspecified atom stereocenters. The molecule has 2 aliphatic heterocycles. The van der Waals surface area contributed by atoms with E-state index < -0.39 is 12.1 Å². The van der Waals surface area contributed by atoms with E-state index in [1.54, 1.807) is 0 Å². The van der Waals surface area contributed by atoms with Gasteiger partial charge in [0.2, 0.25) is 0 Å². The number of benzene rings is 1. The lowest BCUT2D eigenvalue weighted by Gasteiger charge is -2.33. The van der Waals surface area contributed by atoms with Crippen LogP contribution in [0.25, 0.3) is 0 Å². The van der Waals surface area contributed by atoms with E-state index >= 15 is 0 Å². The molecule has 1 aromatic carbocycles. The molecule has 4 N–H and O–H groups in total. The molecule has 0 radical (unpaired) electrons. The molecule has 32 heavy (non-hydrogen) atoms. The zero-order chi connectivity index (χ0) is 20.9. The molecule has 0 bridgehead atoms. The van der Waals surface area contributed by atoms with Crippen molar-refractivity contribution in [2.45, 2.75) is 25.3 Å². The quantitative estimate of drug-likeness (QED) is 0.383. The van der Waals surface area contributed by atoms with Crippen molar-refractivity contribution in [3.63, 3.8) is 0 Å². The summed E-state index contributed by atoms with van der Waals surface area (Å²) in [6.07, 6.45) is 5.43. The molecule has 0 spiro atoms. The van der Waals surface area contributed by atoms with Crippen LogP contribution in [0.3, 0.4) is 0 Å². The van der Waals surface area contributed by atoms with E-state index in [-0.39, 0.29) is 30.6 Å². The molecule has 8 nitrogen and oxygen atoms in total. The van der Waals surface area contributed by atoms with Crippen LogP contribution in [-0.4, -0.2) is 48.3 Å². The lowest BCUT2D eigenvalue weighted by Crippen LogP contribution is -2.42. The second-order valence-electron chi connectivity index (χ2n) is 7.79. The highest BCUT2D eigenvalue weighted by atomic mass is 35.5. The molecule has 2 aromatic rings. The summed E-state index contributed by atoms with van der Waals surface area (Å²) in [5.41, 5.74) is 3.24. The molecule has 4 rings (SSSR count). The van der Waals surface area contributed by atoms with Crippen LogP contribution in [0.5, 0.6) is 5.75 Å². The number of piperidine rings is 1. The monoisotopic (exact) mass is 481 g/mol. The van der Waals surface area contributed by atoms with Crippen molar-refractivity contribution in [2.24, 2.45) is 5.92 Å². The van der Waals surface area contributed by atoms with Gasteiger partial charge in [-0.05, 0) is 60.6 Å². The first-order valence-electron chi connectivity index (χ1n) is 10.3. The van der Waals surface area contributed by atoms with E-state index in [9.17, 15) is 4.79 Å². The summed E-state index contributed by atoms with van der Waals surface area (Å²) in [6, 6.07) is 9.57. The summed E-state index contributed by atoms with van der Waals surface area (Å²) in [7, 11) is 0. The fourth-order valence-electron chi connectivity index (χ4n) is 4.19. The van der Waals surface area contributed by atoms with Crippen LogP contribution in [0, 0.1) is 11.3 Å². The number of aromatic nitrogens is 1. The van der Waals surface area contributed by atoms with Crippen molar-refractivity contribution in [1.29, 1.82) is 5.41 Å². The van der Waals surface area contributed by atoms with Crippen LogP contribution in [0.15, 0.2) is 42.7 Å². The molecule has 1 fully saturated rings. The summed E-state index contributed by atoms with van der Waals surface area (Å²) >= 11 is 0. The number of ether oxygens (including phenoxy) is 1. The summed E-state index contributed by atoms with van der Waals surface area (Å²) in [5, 5.41) is 22.4. The van der Waals surface area contributed by atoms with E-state index in [1.165, 1.54) is 5.69 Å². The van der Waals surface area contributed by atoms with Crippen LogP contribution in [0.2, 0.25) is 0 Å². The third-order valence-electron chi connectivity index (χ3n) is 5.83. The topological polar surface area (TPSA) is 111 Å². The maximum atomic E-state index is 10.9. The van der Waals surface area contributed by atoms with Gasteiger partial charge < -0.3 is 20.1 Å². The van der Waals surface area contributed by atoms with Gasteiger partial charge in [-0.3, -0.25) is 15.7 Å². The summed E-state index contributed by atoms with van der Waals surface area (Å²) < 4.78 is 6.10. The van der Waals surface area contributed by atoms with Gasteiger partial charge in [0.15, 0.2) is 0 Å². The van der Waals surface area contributed by atoms with Crippen molar-refractivity contribution in [3.8, 4) is 5.75 Å². The second kappa shape index (κ2) is 11.9. The third kappa shape index (κ3) is 6.25. The smallest absolute Gasteiger partial charge is 0.410 e. The highest BCUT2D eigenvalue weighted by molar-refractivity contribution is 5.97. The first-order valence-corrected chi connectivity index (χ1v) is 10.3. The Morgan fingerprint density at radius 3 is 2.62 bits per heavy atom. The molecular formula is C22H29Cl2N5O3. The third-order valence-corrected chi connectivity index (χ3v) is 5.83. The number of hydrogen-bond acceptors (Lipinski definition) is 6. The number of hydrogen-bond donors (Lipinski definition) is 4. The largest absolute Gasteiger partial charge is 0.493 e. The minimum atomic E-state index is -1.22. The Kier molecular flexibility index (Phi) is 9.56. The Balaban J connectivity index is 0.00000181. The highest BCUT2D eigenvalue weighted by Gasteiger charge is 2.26. The minimum Gasteiger partial charge on any atom is -0.493 e. The molecule has 0 aliphatic carbocycles. The van der Waals surface area contributed by atoms with E-state index in [4.69, 9.17) is 15.3 Å². The van der Waals surface area contributed by atoms with Gasteiger partial charge in [-0.25, -0.2) is 4.79 Å². The fourth-order valence-corrected chi connectivity index (χ4v) is 4.19. The number of carboxylic acid groups (broad SMARTS) is 1. The molecule has 1 aromatic heterocycles. The maximum absolute atomic E-state index is 10.9. The lowest BCUT2D eigenvalue weighted by molar-refractivity contribution is 0.199.